The van der Waals surface area contributed by atoms with Gasteiger partial charge in [0, 0.05) is 5.75 Å². The Morgan fingerprint density at radius 3 is 2.36 bits per heavy atom. The SMILES string of the molecule is COc1ccc(CS[C@H](c2ccccc2)[C@@H](NC(=O)C(F)(F)F)C(=O)N2CCOC2=O)cc1. The molecule has 1 aliphatic rings. The first-order chi connectivity index (χ1) is 15.7. The molecule has 0 spiro atoms. The van der Waals surface area contributed by atoms with Crippen LogP contribution < -0.4 is 10.1 Å². The average molecular weight is 482 g/mol. The van der Waals surface area contributed by atoms with Crippen LogP contribution in [-0.4, -0.2) is 55.3 Å². The van der Waals surface area contributed by atoms with Crippen molar-refractivity contribution in [2.75, 3.05) is 20.3 Å². The van der Waals surface area contributed by atoms with Gasteiger partial charge in [-0.15, -0.1) is 11.8 Å². The third-order valence-corrected chi connectivity index (χ3v) is 6.26. The van der Waals surface area contributed by atoms with Gasteiger partial charge in [0.25, 0.3) is 5.91 Å². The molecular weight excluding hydrogens is 461 g/mol. The number of methoxy groups -OCH3 is 1. The summed E-state index contributed by atoms with van der Waals surface area (Å²) in [6, 6.07) is 13.8. The Labute approximate surface area is 192 Å². The smallest absolute Gasteiger partial charge is 0.471 e. The number of ether oxygens (including phenoxy) is 2. The number of nitrogens with zero attached hydrogens (tertiary/aromatic N) is 1. The van der Waals surface area contributed by atoms with Crippen molar-refractivity contribution in [1.82, 2.24) is 10.2 Å². The molecule has 11 heteroatoms. The summed E-state index contributed by atoms with van der Waals surface area (Å²) in [5, 5.41) is 0.887. The minimum absolute atomic E-state index is 0.0699. The van der Waals surface area contributed by atoms with E-state index in [1.807, 2.05) is 0 Å². The summed E-state index contributed by atoms with van der Waals surface area (Å²) in [6.07, 6.45) is -6.16. The van der Waals surface area contributed by atoms with Gasteiger partial charge in [0.05, 0.1) is 18.9 Å². The Kier molecular flexibility index (Phi) is 7.85. The maximum atomic E-state index is 13.1. The lowest BCUT2D eigenvalue weighted by Crippen LogP contribution is -2.54. The van der Waals surface area contributed by atoms with E-state index in [-0.39, 0.29) is 13.2 Å². The third kappa shape index (κ3) is 6.19. The highest BCUT2D eigenvalue weighted by Crippen LogP contribution is 2.36. The van der Waals surface area contributed by atoms with Crippen molar-refractivity contribution in [1.29, 1.82) is 0 Å². The normalized spacial score (nSPS) is 15.5. The Morgan fingerprint density at radius 2 is 1.82 bits per heavy atom. The molecule has 1 heterocycles. The molecular formula is C22H21F3N2O5S. The van der Waals surface area contributed by atoms with Gasteiger partial charge in [-0.2, -0.15) is 13.2 Å². The molecule has 0 bridgehead atoms. The summed E-state index contributed by atoms with van der Waals surface area (Å²) >= 11 is 1.17. The number of hydrogen-bond donors (Lipinski definition) is 1. The maximum absolute atomic E-state index is 13.1. The van der Waals surface area contributed by atoms with Crippen molar-refractivity contribution in [3.63, 3.8) is 0 Å². The van der Waals surface area contributed by atoms with E-state index in [4.69, 9.17) is 9.47 Å². The van der Waals surface area contributed by atoms with E-state index >= 15 is 0 Å². The van der Waals surface area contributed by atoms with Gasteiger partial charge in [-0.05, 0) is 23.3 Å². The Bertz CT molecular complexity index is 986. The van der Waals surface area contributed by atoms with Crippen molar-refractivity contribution >= 4 is 29.7 Å². The first-order valence-corrected chi connectivity index (χ1v) is 10.9. The van der Waals surface area contributed by atoms with Crippen LogP contribution in [-0.2, 0) is 20.1 Å². The minimum atomic E-state index is -5.20. The van der Waals surface area contributed by atoms with Gasteiger partial charge >= 0.3 is 18.2 Å². The molecule has 0 saturated carbocycles. The molecule has 1 saturated heterocycles. The number of hydrogen-bond acceptors (Lipinski definition) is 6. The summed E-state index contributed by atoms with van der Waals surface area (Å²) in [5.41, 5.74) is 1.35. The van der Waals surface area contributed by atoms with Gasteiger partial charge in [-0.25, -0.2) is 9.69 Å². The predicted octanol–water partition coefficient (Wildman–Crippen LogP) is 3.70. The molecule has 2 aromatic carbocycles. The fourth-order valence-corrected chi connectivity index (χ4v) is 4.48. The number of rotatable bonds is 8. The first-order valence-electron chi connectivity index (χ1n) is 9.86. The highest BCUT2D eigenvalue weighted by molar-refractivity contribution is 7.98. The highest BCUT2D eigenvalue weighted by atomic mass is 32.2. The van der Waals surface area contributed by atoms with Crippen LogP contribution >= 0.6 is 11.8 Å². The summed E-state index contributed by atoms with van der Waals surface area (Å²) in [6.45, 7) is -0.180. The van der Waals surface area contributed by atoms with Gasteiger partial charge in [-0.3, -0.25) is 9.59 Å². The second-order valence-electron chi connectivity index (χ2n) is 7.04. The molecule has 1 N–H and O–H groups in total. The topological polar surface area (TPSA) is 84.9 Å². The number of cyclic esters (lactones) is 1. The number of thioether (sulfide) groups is 1. The molecule has 33 heavy (non-hydrogen) atoms. The fourth-order valence-electron chi connectivity index (χ4n) is 3.19. The van der Waals surface area contributed by atoms with Gasteiger partial charge in [-0.1, -0.05) is 42.5 Å². The lowest BCUT2D eigenvalue weighted by Gasteiger charge is -2.29. The van der Waals surface area contributed by atoms with Crippen LogP contribution in [0.5, 0.6) is 5.75 Å². The Balaban J connectivity index is 1.93. The molecule has 2 atom stereocenters. The monoisotopic (exact) mass is 482 g/mol. The maximum Gasteiger partial charge on any atom is 0.471 e. The van der Waals surface area contributed by atoms with E-state index in [9.17, 15) is 27.6 Å². The molecule has 2 aromatic rings. The van der Waals surface area contributed by atoms with Crippen molar-refractivity contribution < 1.29 is 37.0 Å². The second-order valence-corrected chi connectivity index (χ2v) is 8.17. The number of carbonyl (C=O) groups is 3. The molecule has 0 aliphatic carbocycles. The van der Waals surface area contributed by atoms with Crippen molar-refractivity contribution in [3.8, 4) is 5.75 Å². The van der Waals surface area contributed by atoms with E-state index in [0.717, 1.165) is 5.56 Å². The molecule has 0 radical (unpaired) electrons. The first kappa shape index (κ1) is 24.4. The van der Waals surface area contributed by atoms with Crippen LogP contribution in [0.4, 0.5) is 18.0 Å². The summed E-state index contributed by atoms with van der Waals surface area (Å²) in [7, 11) is 1.53. The second kappa shape index (κ2) is 10.6. The van der Waals surface area contributed by atoms with Crippen molar-refractivity contribution in [2.45, 2.75) is 23.2 Å². The number of amides is 3. The van der Waals surface area contributed by atoms with Crippen LogP contribution in [0.25, 0.3) is 0 Å². The number of imide groups is 1. The quantitative estimate of drug-likeness (QED) is 0.618. The number of halogens is 3. The zero-order valence-corrected chi connectivity index (χ0v) is 18.3. The molecule has 0 unspecified atom stereocenters. The van der Waals surface area contributed by atoms with E-state index in [1.54, 1.807) is 59.9 Å². The average Bonchev–Trinajstić information content (AvgIpc) is 3.24. The lowest BCUT2D eigenvalue weighted by molar-refractivity contribution is -0.175. The number of nitrogens with one attached hydrogen (secondary N) is 1. The molecule has 1 fully saturated rings. The Morgan fingerprint density at radius 1 is 1.15 bits per heavy atom. The molecule has 1 aliphatic heterocycles. The van der Waals surface area contributed by atoms with E-state index in [1.165, 1.54) is 18.9 Å². The standard InChI is InChI=1S/C22H21F3N2O5S/c1-31-16-9-7-14(8-10-16)13-33-18(15-5-3-2-4-6-15)17(26-20(29)22(23,24)25)19(28)27-11-12-32-21(27)30/h2-10,17-18H,11-13H2,1H3,(H,26,29)/t17-,18-/m1/s1. The van der Waals surface area contributed by atoms with E-state index in [0.29, 0.717) is 22.0 Å². The van der Waals surface area contributed by atoms with Gasteiger partial charge in [0.2, 0.25) is 0 Å². The highest BCUT2D eigenvalue weighted by Gasteiger charge is 2.45. The largest absolute Gasteiger partial charge is 0.497 e. The van der Waals surface area contributed by atoms with Crippen molar-refractivity contribution in [2.24, 2.45) is 0 Å². The zero-order chi connectivity index (χ0) is 24.0. The summed E-state index contributed by atoms with van der Waals surface area (Å²) in [4.78, 5) is 37.6. The van der Waals surface area contributed by atoms with Crippen LogP contribution in [0.1, 0.15) is 16.4 Å². The molecule has 7 nitrogen and oxygen atoms in total. The van der Waals surface area contributed by atoms with Gasteiger partial charge in [0.1, 0.15) is 18.4 Å². The molecule has 0 aromatic heterocycles. The van der Waals surface area contributed by atoms with E-state index in [2.05, 4.69) is 0 Å². The summed E-state index contributed by atoms with van der Waals surface area (Å²) in [5.74, 6) is -2.27. The molecule has 176 valence electrons. The summed E-state index contributed by atoms with van der Waals surface area (Å²) < 4.78 is 49.1. The van der Waals surface area contributed by atoms with Crippen LogP contribution in [0, 0.1) is 0 Å². The van der Waals surface area contributed by atoms with Crippen LogP contribution in [0.3, 0.4) is 0 Å². The van der Waals surface area contributed by atoms with Gasteiger partial charge < -0.3 is 14.8 Å². The minimum Gasteiger partial charge on any atom is -0.497 e. The van der Waals surface area contributed by atoms with Gasteiger partial charge in [0.15, 0.2) is 0 Å². The predicted molar refractivity (Wildman–Crippen MR) is 115 cm³/mol. The van der Waals surface area contributed by atoms with Crippen LogP contribution in [0.15, 0.2) is 54.6 Å². The number of carbonyl (C=O) groups excluding carboxylic acids is 3. The van der Waals surface area contributed by atoms with Crippen LogP contribution in [0.2, 0.25) is 0 Å². The number of benzene rings is 2. The lowest BCUT2D eigenvalue weighted by atomic mass is 10.0. The zero-order valence-electron chi connectivity index (χ0n) is 17.5. The fraction of sp³-hybridized carbons (Fsp3) is 0.318. The molecule has 3 amide bonds. The molecule has 3 rings (SSSR count). The Hall–Kier alpha value is -3.21. The number of alkyl halides is 3. The van der Waals surface area contributed by atoms with E-state index < -0.39 is 35.4 Å². The van der Waals surface area contributed by atoms with Crippen molar-refractivity contribution in [3.05, 3.63) is 65.7 Å². The third-order valence-electron chi connectivity index (χ3n) is 4.86.